The van der Waals surface area contributed by atoms with E-state index < -0.39 is 6.04 Å². The third-order valence-electron chi connectivity index (χ3n) is 3.77. The second-order valence-electron chi connectivity index (χ2n) is 6.31. The van der Waals surface area contributed by atoms with Crippen LogP contribution in [0.3, 0.4) is 0 Å². The highest BCUT2D eigenvalue weighted by molar-refractivity contribution is 5.95. The molecule has 0 fully saturated rings. The van der Waals surface area contributed by atoms with Gasteiger partial charge in [0.05, 0.1) is 18.8 Å². The SMILES string of the molecule is Cc1cc(NC(=O)CNC(=O)[C@@H](N)C(C)C)ccc1Oc1cccnc1. The van der Waals surface area contributed by atoms with Crippen molar-refractivity contribution < 1.29 is 14.3 Å². The van der Waals surface area contributed by atoms with E-state index in [4.69, 9.17) is 10.5 Å². The predicted molar refractivity (Wildman–Crippen MR) is 99.9 cm³/mol. The first-order chi connectivity index (χ1) is 12.4. The molecule has 26 heavy (non-hydrogen) atoms. The molecule has 1 aromatic carbocycles. The number of carbonyl (C=O) groups is 2. The minimum atomic E-state index is -0.631. The molecule has 7 heteroatoms. The number of hydrogen-bond acceptors (Lipinski definition) is 5. The predicted octanol–water partition coefficient (Wildman–Crippen LogP) is 2.22. The summed E-state index contributed by atoms with van der Waals surface area (Å²) in [5, 5.41) is 5.27. The standard InChI is InChI=1S/C19H24N4O3/c1-12(2)18(20)19(25)22-11-17(24)23-14-6-7-16(13(3)9-14)26-15-5-4-8-21-10-15/h4-10,12,18H,11,20H2,1-3H3,(H,22,25)(H,23,24)/t18-/m0/s1. The van der Waals surface area contributed by atoms with Crippen LogP contribution in [0, 0.1) is 12.8 Å². The molecule has 2 rings (SSSR count). The number of nitrogens with two attached hydrogens (primary N) is 1. The maximum atomic E-state index is 12.0. The lowest BCUT2D eigenvalue weighted by Crippen LogP contribution is -2.46. The number of aromatic nitrogens is 1. The molecular weight excluding hydrogens is 332 g/mol. The van der Waals surface area contributed by atoms with Gasteiger partial charge in [-0.15, -0.1) is 0 Å². The molecule has 2 amide bonds. The number of nitrogens with zero attached hydrogens (tertiary/aromatic N) is 1. The largest absolute Gasteiger partial charge is 0.455 e. The Kier molecular flexibility index (Phi) is 6.68. The molecule has 0 saturated heterocycles. The van der Waals surface area contributed by atoms with Crippen LogP contribution in [-0.2, 0) is 9.59 Å². The van der Waals surface area contributed by atoms with Gasteiger partial charge in [0.1, 0.15) is 11.5 Å². The van der Waals surface area contributed by atoms with Gasteiger partial charge in [0.2, 0.25) is 11.8 Å². The van der Waals surface area contributed by atoms with Gasteiger partial charge >= 0.3 is 0 Å². The summed E-state index contributed by atoms with van der Waals surface area (Å²) in [5.41, 5.74) is 7.21. The van der Waals surface area contributed by atoms with Crippen molar-refractivity contribution in [1.29, 1.82) is 0 Å². The quantitative estimate of drug-likeness (QED) is 0.705. The Morgan fingerprint density at radius 2 is 2.04 bits per heavy atom. The van der Waals surface area contributed by atoms with Crippen LogP contribution in [0.1, 0.15) is 19.4 Å². The molecular formula is C19H24N4O3. The first-order valence-corrected chi connectivity index (χ1v) is 8.38. The number of anilines is 1. The Morgan fingerprint density at radius 1 is 1.27 bits per heavy atom. The van der Waals surface area contributed by atoms with Crippen LogP contribution in [0.15, 0.2) is 42.7 Å². The number of pyridine rings is 1. The maximum absolute atomic E-state index is 12.0. The number of benzene rings is 1. The lowest BCUT2D eigenvalue weighted by Gasteiger charge is -2.15. The van der Waals surface area contributed by atoms with E-state index in [1.807, 2.05) is 26.8 Å². The van der Waals surface area contributed by atoms with Gasteiger partial charge in [-0.25, -0.2) is 0 Å². The Labute approximate surface area is 153 Å². The van der Waals surface area contributed by atoms with E-state index in [0.29, 0.717) is 17.2 Å². The topological polar surface area (TPSA) is 106 Å². The minimum absolute atomic E-state index is 0.00747. The molecule has 0 aliphatic rings. The molecule has 0 spiro atoms. The highest BCUT2D eigenvalue weighted by Gasteiger charge is 2.17. The zero-order chi connectivity index (χ0) is 19.1. The fourth-order valence-corrected chi connectivity index (χ4v) is 2.17. The highest BCUT2D eigenvalue weighted by atomic mass is 16.5. The van der Waals surface area contributed by atoms with Crippen molar-refractivity contribution in [2.75, 3.05) is 11.9 Å². The van der Waals surface area contributed by atoms with Crippen molar-refractivity contribution in [2.24, 2.45) is 11.7 Å². The molecule has 4 N–H and O–H groups in total. The van der Waals surface area contributed by atoms with Gasteiger partial charge in [-0.2, -0.15) is 0 Å². The second-order valence-corrected chi connectivity index (χ2v) is 6.31. The van der Waals surface area contributed by atoms with E-state index >= 15 is 0 Å². The average molecular weight is 356 g/mol. The Hall–Kier alpha value is -2.93. The van der Waals surface area contributed by atoms with Gasteiger partial charge in [0.25, 0.3) is 0 Å². The maximum Gasteiger partial charge on any atom is 0.243 e. The van der Waals surface area contributed by atoms with Gasteiger partial charge in [-0.05, 0) is 48.7 Å². The summed E-state index contributed by atoms with van der Waals surface area (Å²) in [6.07, 6.45) is 3.30. The number of rotatable bonds is 7. The summed E-state index contributed by atoms with van der Waals surface area (Å²) in [6.45, 7) is 5.45. The lowest BCUT2D eigenvalue weighted by atomic mass is 10.1. The van der Waals surface area contributed by atoms with Crippen LogP contribution in [0.2, 0.25) is 0 Å². The summed E-state index contributed by atoms with van der Waals surface area (Å²) in [5.74, 6) is 0.651. The smallest absolute Gasteiger partial charge is 0.243 e. The van der Waals surface area contributed by atoms with Crippen LogP contribution in [0.4, 0.5) is 5.69 Å². The van der Waals surface area contributed by atoms with Gasteiger partial charge in [0.15, 0.2) is 0 Å². The van der Waals surface area contributed by atoms with Crippen LogP contribution in [0.5, 0.6) is 11.5 Å². The van der Waals surface area contributed by atoms with E-state index in [1.54, 1.807) is 36.7 Å². The number of aryl methyl sites for hydroxylation is 1. The zero-order valence-corrected chi connectivity index (χ0v) is 15.2. The molecule has 0 radical (unpaired) electrons. The summed E-state index contributed by atoms with van der Waals surface area (Å²) in [7, 11) is 0. The Morgan fingerprint density at radius 3 is 2.65 bits per heavy atom. The monoisotopic (exact) mass is 356 g/mol. The van der Waals surface area contributed by atoms with E-state index in [-0.39, 0.29) is 24.3 Å². The molecule has 2 aromatic rings. The van der Waals surface area contributed by atoms with Gasteiger partial charge in [-0.3, -0.25) is 14.6 Å². The normalized spacial score (nSPS) is 11.7. The molecule has 0 aliphatic carbocycles. The van der Waals surface area contributed by atoms with E-state index in [0.717, 1.165) is 5.56 Å². The van der Waals surface area contributed by atoms with Crippen LogP contribution in [0.25, 0.3) is 0 Å². The summed E-state index contributed by atoms with van der Waals surface area (Å²) in [4.78, 5) is 27.8. The van der Waals surface area contributed by atoms with Gasteiger partial charge in [-0.1, -0.05) is 13.8 Å². The zero-order valence-electron chi connectivity index (χ0n) is 15.2. The number of hydrogen-bond donors (Lipinski definition) is 3. The van der Waals surface area contributed by atoms with Crippen LogP contribution in [-0.4, -0.2) is 29.4 Å². The number of ether oxygens (including phenoxy) is 1. The minimum Gasteiger partial charge on any atom is -0.455 e. The molecule has 0 aliphatic heterocycles. The van der Waals surface area contributed by atoms with Crippen molar-refractivity contribution in [3.05, 3.63) is 48.3 Å². The molecule has 0 saturated carbocycles. The van der Waals surface area contributed by atoms with Crippen molar-refractivity contribution in [1.82, 2.24) is 10.3 Å². The van der Waals surface area contributed by atoms with Gasteiger partial charge in [0, 0.05) is 11.9 Å². The molecule has 0 unspecified atom stereocenters. The van der Waals surface area contributed by atoms with E-state index in [9.17, 15) is 9.59 Å². The third kappa shape index (κ3) is 5.56. The third-order valence-corrected chi connectivity index (χ3v) is 3.77. The van der Waals surface area contributed by atoms with Crippen molar-refractivity contribution >= 4 is 17.5 Å². The summed E-state index contributed by atoms with van der Waals surface area (Å²) in [6, 6.07) is 8.27. The molecule has 1 heterocycles. The molecule has 7 nitrogen and oxygen atoms in total. The highest BCUT2D eigenvalue weighted by Crippen LogP contribution is 2.26. The fraction of sp³-hybridized carbons (Fsp3) is 0.316. The number of amides is 2. The molecule has 138 valence electrons. The van der Waals surface area contributed by atoms with E-state index in [1.165, 1.54) is 0 Å². The van der Waals surface area contributed by atoms with Crippen molar-refractivity contribution in [3.8, 4) is 11.5 Å². The molecule has 1 atom stereocenters. The summed E-state index contributed by atoms with van der Waals surface area (Å²) >= 11 is 0. The Balaban J connectivity index is 1.90. The van der Waals surface area contributed by atoms with Crippen LogP contribution >= 0.6 is 0 Å². The van der Waals surface area contributed by atoms with E-state index in [2.05, 4.69) is 15.6 Å². The Bertz CT molecular complexity index is 763. The molecule has 1 aromatic heterocycles. The second kappa shape index (κ2) is 8.96. The first-order valence-electron chi connectivity index (χ1n) is 8.38. The average Bonchev–Trinajstić information content (AvgIpc) is 2.62. The first kappa shape index (κ1) is 19.4. The van der Waals surface area contributed by atoms with Crippen molar-refractivity contribution in [3.63, 3.8) is 0 Å². The lowest BCUT2D eigenvalue weighted by molar-refractivity contribution is -0.125. The number of nitrogens with one attached hydrogen (secondary N) is 2. The van der Waals surface area contributed by atoms with Crippen LogP contribution < -0.4 is 21.1 Å². The summed E-state index contributed by atoms with van der Waals surface area (Å²) < 4.78 is 5.75. The fourth-order valence-electron chi connectivity index (χ4n) is 2.17. The van der Waals surface area contributed by atoms with Gasteiger partial charge < -0.3 is 21.1 Å². The molecule has 0 bridgehead atoms. The van der Waals surface area contributed by atoms with Crippen molar-refractivity contribution in [2.45, 2.75) is 26.8 Å². The number of carbonyl (C=O) groups excluding carboxylic acids is 2.